The molecule has 3 rings (SSSR count). The van der Waals surface area contributed by atoms with E-state index in [2.05, 4.69) is 21.7 Å². The molecule has 2 atom stereocenters. The Balaban J connectivity index is 1.56. The predicted molar refractivity (Wildman–Crippen MR) is 97.4 cm³/mol. The summed E-state index contributed by atoms with van der Waals surface area (Å²) < 4.78 is 5.40. The summed E-state index contributed by atoms with van der Waals surface area (Å²) in [5.41, 5.74) is 0. The Hall–Kier alpha value is -0.690. The molecule has 3 fully saturated rings. The molecule has 25 heavy (non-hydrogen) atoms. The van der Waals surface area contributed by atoms with Crippen LogP contribution in [0.15, 0.2) is 0 Å². The molecule has 0 aromatic rings. The minimum absolute atomic E-state index is 0.124. The van der Waals surface area contributed by atoms with Gasteiger partial charge in [-0.15, -0.1) is 0 Å². The van der Waals surface area contributed by atoms with E-state index in [1.807, 2.05) is 0 Å². The fourth-order valence-corrected chi connectivity index (χ4v) is 4.61. The lowest BCUT2D eigenvalue weighted by Crippen LogP contribution is -2.50. The zero-order valence-corrected chi connectivity index (χ0v) is 15.7. The summed E-state index contributed by atoms with van der Waals surface area (Å²) in [5.74, 6) is 1.14. The van der Waals surface area contributed by atoms with Gasteiger partial charge in [-0.3, -0.25) is 4.79 Å². The molecular formula is C19H35N3O3. The Morgan fingerprint density at radius 2 is 1.84 bits per heavy atom. The Labute approximate surface area is 152 Å². The smallest absolute Gasteiger partial charge is 0.225 e. The number of amides is 1. The summed E-state index contributed by atoms with van der Waals surface area (Å²) >= 11 is 0. The summed E-state index contributed by atoms with van der Waals surface area (Å²) in [6, 6.07) is 0. The highest BCUT2D eigenvalue weighted by molar-refractivity contribution is 5.79. The first-order valence-corrected chi connectivity index (χ1v) is 10.0. The molecule has 0 bridgehead atoms. The summed E-state index contributed by atoms with van der Waals surface area (Å²) in [4.78, 5) is 19.9. The molecular weight excluding hydrogens is 318 g/mol. The van der Waals surface area contributed by atoms with Crippen LogP contribution >= 0.6 is 0 Å². The first-order chi connectivity index (χ1) is 12.2. The van der Waals surface area contributed by atoms with Gasteiger partial charge in [0.25, 0.3) is 0 Å². The summed E-state index contributed by atoms with van der Waals surface area (Å²) in [6.07, 6.45) is 3.96. The first-order valence-electron chi connectivity index (χ1n) is 10.0. The monoisotopic (exact) mass is 353 g/mol. The molecule has 0 aromatic carbocycles. The van der Waals surface area contributed by atoms with Crippen molar-refractivity contribution in [3.05, 3.63) is 0 Å². The second-order valence-electron chi connectivity index (χ2n) is 8.24. The van der Waals surface area contributed by atoms with Crippen LogP contribution in [0.4, 0.5) is 0 Å². The molecule has 1 amide bonds. The van der Waals surface area contributed by atoms with Crippen molar-refractivity contribution < 1.29 is 14.6 Å². The van der Waals surface area contributed by atoms with Crippen LogP contribution < -0.4 is 0 Å². The molecule has 0 aromatic heterocycles. The fraction of sp³-hybridized carbons (Fsp3) is 0.947. The van der Waals surface area contributed by atoms with Gasteiger partial charge in [0, 0.05) is 58.5 Å². The van der Waals surface area contributed by atoms with Gasteiger partial charge >= 0.3 is 0 Å². The quantitative estimate of drug-likeness (QED) is 0.798. The lowest BCUT2D eigenvalue weighted by atomic mass is 9.87. The van der Waals surface area contributed by atoms with E-state index in [1.54, 1.807) is 0 Å². The highest BCUT2D eigenvalue weighted by atomic mass is 16.5. The minimum Gasteiger partial charge on any atom is -0.396 e. The van der Waals surface area contributed by atoms with Gasteiger partial charge in [-0.05, 0) is 57.7 Å². The van der Waals surface area contributed by atoms with Crippen LogP contribution in [0.3, 0.4) is 0 Å². The van der Waals surface area contributed by atoms with E-state index in [-0.39, 0.29) is 18.4 Å². The maximum absolute atomic E-state index is 12.9. The summed E-state index contributed by atoms with van der Waals surface area (Å²) in [7, 11) is 2.19. The molecule has 3 heterocycles. The van der Waals surface area contributed by atoms with Crippen LogP contribution in [0.5, 0.6) is 0 Å². The maximum atomic E-state index is 12.9. The van der Waals surface area contributed by atoms with Crippen LogP contribution in [0.2, 0.25) is 0 Å². The molecule has 3 aliphatic rings. The van der Waals surface area contributed by atoms with Crippen molar-refractivity contribution in [1.82, 2.24) is 14.7 Å². The Bertz CT molecular complexity index is 428. The molecule has 144 valence electrons. The molecule has 1 N–H and O–H groups in total. The number of nitrogens with zero attached hydrogens (tertiary/aromatic N) is 3. The van der Waals surface area contributed by atoms with Gasteiger partial charge < -0.3 is 24.5 Å². The van der Waals surface area contributed by atoms with Crippen molar-refractivity contribution in [2.24, 2.45) is 17.8 Å². The van der Waals surface area contributed by atoms with Crippen LogP contribution in [-0.2, 0) is 9.53 Å². The molecule has 0 unspecified atom stereocenters. The number of rotatable bonds is 4. The summed E-state index contributed by atoms with van der Waals surface area (Å²) in [5, 5.41) is 9.73. The van der Waals surface area contributed by atoms with Crippen molar-refractivity contribution in [1.29, 1.82) is 0 Å². The van der Waals surface area contributed by atoms with Gasteiger partial charge in [-0.1, -0.05) is 0 Å². The number of likely N-dealkylation sites (N-methyl/N-ethyl adjacent to an activating group) is 1. The Morgan fingerprint density at radius 1 is 1.08 bits per heavy atom. The Morgan fingerprint density at radius 3 is 2.60 bits per heavy atom. The standard InChI is InChI=1S/C19H35N3O3/c1-20-5-2-6-21(8-7-20)12-16-11-17(15-23)14-22(13-16)19(24)18-3-9-25-10-4-18/h16-18,23H,2-15H2,1H3/t16-,17+/m1/s1. The molecule has 0 radical (unpaired) electrons. The lowest BCUT2D eigenvalue weighted by Gasteiger charge is -2.41. The zero-order chi connectivity index (χ0) is 17.6. The third-order valence-electron chi connectivity index (χ3n) is 6.09. The summed E-state index contributed by atoms with van der Waals surface area (Å²) in [6.45, 7) is 8.82. The third-order valence-corrected chi connectivity index (χ3v) is 6.09. The van der Waals surface area contributed by atoms with E-state index in [4.69, 9.17) is 4.74 Å². The average Bonchev–Trinajstić information content (AvgIpc) is 2.85. The van der Waals surface area contributed by atoms with Gasteiger partial charge in [0.2, 0.25) is 5.91 Å². The van der Waals surface area contributed by atoms with Crippen molar-refractivity contribution in [3.63, 3.8) is 0 Å². The number of ether oxygens (including phenoxy) is 1. The van der Waals surface area contributed by atoms with Crippen molar-refractivity contribution >= 4 is 5.91 Å². The molecule has 0 saturated carbocycles. The second-order valence-corrected chi connectivity index (χ2v) is 8.24. The van der Waals surface area contributed by atoms with Gasteiger partial charge in [-0.25, -0.2) is 0 Å². The number of piperidine rings is 1. The van der Waals surface area contributed by atoms with E-state index < -0.39 is 0 Å². The number of aliphatic hydroxyl groups excluding tert-OH is 1. The first kappa shape index (κ1) is 19.1. The highest BCUT2D eigenvalue weighted by Crippen LogP contribution is 2.26. The molecule has 6 nitrogen and oxygen atoms in total. The van der Waals surface area contributed by atoms with Gasteiger partial charge in [-0.2, -0.15) is 0 Å². The second kappa shape index (κ2) is 9.31. The fourth-order valence-electron chi connectivity index (χ4n) is 4.61. The van der Waals surface area contributed by atoms with Gasteiger partial charge in [0.1, 0.15) is 0 Å². The zero-order valence-electron chi connectivity index (χ0n) is 15.7. The topological polar surface area (TPSA) is 56.2 Å². The molecule has 0 aliphatic carbocycles. The molecule has 6 heteroatoms. The van der Waals surface area contributed by atoms with E-state index in [9.17, 15) is 9.90 Å². The van der Waals surface area contributed by atoms with Crippen LogP contribution in [-0.4, -0.2) is 98.4 Å². The van der Waals surface area contributed by atoms with Crippen molar-refractivity contribution in [2.45, 2.75) is 25.7 Å². The van der Waals surface area contributed by atoms with Gasteiger partial charge in [0.15, 0.2) is 0 Å². The van der Waals surface area contributed by atoms with E-state index in [0.29, 0.717) is 25.0 Å². The van der Waals surface area contributed by atoms with E-state index >= 15 is 0 Å². The van der Waals surface area contributed by atoms with Crippen LogP contribution in [0.25, 0.3) is 0 Å². The number of aliphatic hydroxyl groups is 1. The maximum Gasteiger partial charge on any atom is 0.225 e. The lowest BCUT2D eigenvalue weighted by molar-refractivity contribution is -0.142. The van der Waals surface area contributed by atoms with Crippen molar-refractivity contribution in [2.75, 3.05) is 72.7 Å². The normalized spacial score (nSPS) is 31.0. The predicted octanol–water partition coefficient (Wildman–Crippen LogP) is 0.508. The largest absolute Gasteiger partial charge is 0.396 e. The SMILES string of the molecule is CN1CCCN(C[C@H]2C[C@H](CO)CN(C(=O)C3CCOCC3)C2)CC1. The van der Waals surface area contributed by atoms with Crippen molar-refractivity contribution in [3.8, 4) is 0 Å². The van der Waals surface area contributed by atoms with Crippen LogP contribution in [0.1, 0.15) is 25.7 Å². The molecule has 3 saturated heterocycles. The molecule has 3 aliphatic heterocycles. The van der Waals surface area contributed by atoms with Gasteiger partial charge in [0.05, 0.1) is 0 Å². The number of carbonyl (C=O) groups excluding carboxylic acids is 1. The average molecular weight is 354 g/mol. The van der Waals surface area contributed by atoms with E-state index in [1.165, 1.54) is 13.0 Å². The number of likely N-dealkylation sites (tertiary alicyclic amines) is 1. The molecule has 0 spiro atoms. The Kier molecular flexibility index (Phi) is 7.10. The number of carbonyl (C=O) groups is 1. The minimum atomic E-state index is 0.124. The number of hydrogen-bond donors (Lipinski definition) is 1. The van der Waals surface area contributed by atoms with E-state index in [0.717, 1.165) is 58.5 Å². The third kappa shape index (κ3) is 5.39. The number of hydrogen-bond acceptors (Lipinski definition) is 5. The highest BCUT2D eigenvalue weighted by Gasteiger charge is 2.34. The van der Waals surface area contributed by atoms with Crippen LogP contribution in [0, 0.1) is 17.8 Å².